The number of rotatable bonds is 10. The standard InChI is InChI=1S/C24H32N2O4/c1-17(2)25-24(28)18(3)26(16-20-9-7-6-8-10-20)23(27)14-12-19-11-13-21(29-4)22(15-19)30-5/h6-11,13,15,17-18H,12,14,16H2,1-5H3,(H,25,28)/t18-/m1/s1. The number of carbonyl (C=O) groups excluding carboxylic acids is 2. The van der Waals surface area contributed by atoms with Crippen molar-refractivity contribution in [1.29, 1.82) is 0 Å². The summed E-state index contributed by atoms with van der Waals surface area (Å²) >= 11 is 0. The fourth-order valence-electron chi connectivity index (χ4n) is 3.20. The fourth-order valence-corrected chi connectivity index (χ4v) is 3.20. The molecule has 2 aromatic rings. The fraction of sp³-hybridized carbons (Fsp3) is 0.417. The van der Waals surface area contributed by atoms with E-state index in [2.05, 4.69) is 5.32 Å². The molecule has 30 heavy (non-hydrogen) atoms. The topological polar surface area (TPSA) is 67.9 Å². The maximum atomic E-state index is 13.1. The Morgan fingerprint density at radius 2 is 1.60 bits per heavy atom. The highest BCUT2D eigenvalue weighted by Gasteiger charge is 2.26. The normalized spacial score (nSPS) is 11.7. The Morgan fingerprint density at radius 1 is 0.933 bits per heavy atom. The van der Waals surface area contributed by atoms with E-state index in [0.29, 0.717) is 30.9 Å². The van der Waals surface area contributed by atoms with Gasteiger partial charge in [-0.3, -0.25) is 9.59 Å². The third-order valence-electron chi connectivity index (χ3n) is 4.87. The summed E-state index contributed by atoms with van der Waals surface area (Å²) in [5.41, 5.74) is 1.96. The van der Waals surface area contributed by atoms with Crippen LogP contribution in [0.3, 0.4) is 0 Å². The summed E-state index contributed by atoms with van der Waals surface area (Å²) < 4.78 is 10.6. The third-order valence-corrected chi connectivity index (χ3v) is 4.87. The molecule has 2 amide bonds. The SMILES string of the molecule is COc1ccc(CCC(=O)N(Cc2ccccc2)[C@H](C)C(=O)NC(C)C)cc1OC. The molecule has 0 fully saturated rings. The van der Waals surface area contributed by atoms with Crippen molar-refractivity contribution >= 4 is 11.8 Å². The van der Waals surface area contributed by atoms with Crippen molar-refractivity contribution in [1.82, 2.24) is 10.2 Å². The lowest BCUT2D eigenvalue weighted by Crippen LogP contribution is -2.49. The van der Waals surface area contributed by atoms with Crippen LogP contribution in [0, 0.1) is 0 Å². The van der Waals surface area contributed by atoms with Crippen LogP contribution in [-0.4, -0.2) is 43.0 Å². The summed E-state index contributed by atoms with van der Waals surface area (Å²) in [4.78, 5) is 27.3. The Kier molecular flexibility index (Phi) is 8.71. The van der Waals surface area contributed by atoms with Crippen LogP contribution in [0.4, 0.5) is 0 Å². The molecule has 162 valence electrons. The number of carbonyl (C=O) groups is 2. The van der Waals surface area contributed by atoms with Gasteiger partial charge in [-0.1, -0.05) is 36.4 Å². The highest BCUT2D eigenvalue weighted by Crippen LogP contribution is 2.28. The van der Waals surface area contributed by atoms with Gasteiger partial charge in [-0.25, -0.2) is 0 Å². The second kappa shape index (κ2) is 11.2. The van der Waals surface area contributed by atoms with Crippen molar-refractivity contribution in [3.8, 4) is 11.5 Å². The first-order valence-electron chi connectivity index (χ1n) is 10.2. The van der Waals surface area contributed by atoms with Gasteiger partial charge in [-0.15, -0.1) is 0 Å². The van der Waals surface area contributed by atoms with Gasteiger partial charge in [0.15, 0.2) is 11.5 Å². The largest absolute Gasteiger partial charge is 0.493 e. The van der Waals surface area contributed by atoms with Crippen molar-refractivity contribution in [3.63, 3.8) is 0 Å². The maximum Gasteiger partial charge on any atom is 0.242 e. The van der Waals surface area contributed by atoms with E-state index in [1.807, 2.05) is 62.4 Å². The van der Waals surface area contributed by atoms with Gasteiger partial charge in [0, 0.05) is 19.0 Å². The maximum absolute atomic E-state index is 13.1. The molecule has 0 aliphatic carbocycles. The zero-order valence-electron chi connectivity index (χ0n) is 18.5. The first kappa shape index (κ1) is 23.3. The van der Waals surface area contributed by atoms with Crippen LogP contribution in [0.1, 0.15) is 38.3 Å². The minimum absolute atomic E-state index is 0.0143. The highest BCUT2D eigenvalue weighted by molar-refractivity contribution is 5.87. The van der Waals surface area contributed by atoms with Gasteiger partial charge in [0.2, 0.25) is 11.8 Å². The van der Waals surface area contributed by atoms with Gasteiger partial charge in [-0.05, 0) is 50.5 Å². The predicted molar refractivity (Wildman–Crippen MR) is 118 cm³/mol. The number of ether oxygens (including phenoxy) is 2. The summed E-state index contributed by atoms with van der Waals surface area (Å²) in [6.07, 6.45) is 0.838. The molecule has 0 saturated carbocycles. The van der Waals surface area contributed by atoms with Gasteiger partial charge in [0.25, 0.3) is 0 Å². The average molecular weight is 413 g/mol. The quantitative estimate of drug-likeness (QED) is 0.648. The number of amides is 2. The number of aryl methyl sites for hydroxylation is 1. The summed E-state index contributed by atoms with van der Waals surface area (Å²) in [7, 11) is 3.18. The zero-order chi connectivity index (χ0) is 22.1. The van der Waals surface area contributed by atoms with Gasteiger partial charge in [-0.2, -0.15) is 0 Å². The number of hydrogen-bond acceptors (Lipinski definition) is 4. The first-order chi connectivity index (χ1) is 14.3. The van der Waals surface area contributed by atoms with E-state index in [0.717, 1.165) is 11.1 Å². The summed E-state index contributed by atoms with van der Waals surface area (Å²) in [5.74, 6) is 1.06. The van der Waals surface area contributed by atoms with E-state index in [-0.39, 0.29) is 17.9 Å². The molecule has 6 nitrogen and oxygen atoms in total. The molecule has 0 aliphatic heterocycles. The van der Waals surface area contributed by atoms with Gasteiger partial charge >= 0.3 is 0 Å². The van der Waals surface area contributed by atoms with Crippen molar-refractivity contribution in [2.45, 2.75) is 52.2 Å². The molecule has 0 radical (unpaired) electrons. The first-order valence-corrected chi connectivity index (χ1v) is 10.2. The van der Waals surface area contributed by atoms with Crippen molar-refractivity contribution in [3.05, 3.63) is 59.7 Å². The van der Waals surface area contributed by atoms with Crippen molar-refractivity contribution in [2.24, 2.45) is 0 Å². The van der Waals surface area contributed by atoms with E-state index in [1.54, 1.807) is 26.0 Å². The predicted octanol–water partition coefficient (Wildman–Crippen LogP) is 3.58. The Hall–Kier alpha value is -3.02. The smallest absolute Gasteiger partial charge is 0.242 e. The van der Waals surface area contributed by atoms with Crippen molar-refractivity contribution in [2.75, 3.05) is 14.2 Å². The second-order valence-corrected chi connectivity index (χ2v) is 7.54. The van der Waals surface area contributed by atoms with Crippen LogP contribution in [0.5, 0.6) is 11.5 Å². The lowest BCUT2D eigenvalue weighted by atomic mass is 10.1. The second-order valence-electron chi connectivity index (χ2n) is 7.54. The molecular weight excluding hydrogens is 380 g/mol. The molecule has 0 spiro atoms. The highest BCUT2D eigenvalue weighted by atomic mass is 16.5. The lowest BCUT2D eigenvalue weighted by molar-refractivity contribution is -0.140. The molecule has 0 unspecified atom stereocenters. The lowest BCUT2D eigenvalue weighted by Gasteiger charge is -2.29. The van der Waals surface area contributed by atoms with E-state index < -0.39 is 6.04 Å². The molecule has 2 aromatic carbocycles. The van der Waals surface area contributed by atoms with Gasteiger partial charge in [0.05, 0.1) is 14.2 Å². The third kappa shape index (κ3) is 6.51. The number of nitrogens with one attached hydrogen (secondary N) is 1. The molecule has 2 rings (SSSR count). The Labute approximate surface area is 179 Å². The Bertz CT molecular complexity index is 836. The number of hydrogen-bond donors (Lipinski definition) is 1. The van der Waals surface area contributed by atoms with Gasteiger partial charge < -0.3 is 19.7 Å². The minimum atomic E-state index is -0.564. The van der Waals surface area contributed by atoms with Crippen LogP contribution in [-0.2, 0) is 22.6 Å². The summed E-state index contributed by atoms with van der Waals surface area (Å²) in [5, 5.41) is 2.90. The van der Waals surface area contributed by atoms with Crippen molar-refractivity contribution < 1.29 is 19.1 Å². The van der Waals surface area contributed by atoms with E-state index in [1.165, 1.54) is 0 Å². The zero-order valence-corrected chi connectivity index (χ0v) is 18.5. The van der Waals surface area contributed by atoms with E-state index in [4.69, 9.17) is 9.47 Å². The van der Waals surface area contributed by atoms with Gasteiger partial charge in [0.1, 0.15) is 6.04 Å². The molecule has 6 heteroatoms. The van der Waals surface area contributed by atoms with Crippen LogP contribution < -0.4 is 14.8 Å². The Morgan fingerprint density at radius 3 is 2.20 bits per heavy atom. The number of benzene rings is 2. The minimum Gasteiger partial charge on any atom is -0.493 e. The summed E-state index contributed by atoms with van der Waals surface area (Å²) in [6.45, 7) is 5.98. The molecular formula is C24H32N2O4. The Balaban J connectivity index is 2.14. The monoisotopic (exact) mass is 412 g/mol. The van der Waals surface area contributed by atoms with Crippen LogP contribution in [0.2, 0.25) is 0 Å². The van der Waals surface area contributed by atoms with Crippen LogP contribution >= 0.6 is 0 Å². The summed E-state index contributed by atoms with van der Waals surface area (Å²) in [6, 6.07) is 14.8. The number of nitrogens with zero attached hydrogens (tertiary/aromatic N) is 1. The molecule has 1 atom stereocenters. The van der Waals surface area contributed by atoms with Crippen LogP contribution in [0.15, 0.2) is 48.5 Å². The molecule has 1 N–H and O–H groups in total. The average Bonchev–Trinajstić information content (AvgIpc) is 2.75. The molecule has 0 saturated heterocycles. The van der Waals surface area contributed by atoms with Crippen LogP contribution in [0.25, 0.3) is 0 Å². The number of methoxy groups -OCH3 is 2. The molecule has 0 aromatic heterocycles. The molecule has 0 heterocycles. The van der Waals surface area contributed by atoms with E-state index >= 15 is 0 Å². The molecule has 0 bridgehead atoms. The van der Waals surface area contributed by atoms with E-state index in [9.17, 15) is 9.59 Å². The molecule has 0 aliphatic rings.